The van der Waals surface area contributed by atoms with Crippen LogP contribution < -0.4 is 5.69 Å². The summed E-state index contributed by atoms with van der Waals surface area (Å²) in [6, 6.07) is 5.85. The average molecular weight is 220 g/mol. The quantitative estimate of drug-likeness (QED) is 0.599. The highest BCUT2D eigenvalue weighted by atomic mass is 16.4. The first-order chi connectivity index (χ1) is 7.58. The largest absolute Gasteiger partial charge is 0.508 e. The third-order valence-electron chi connectivity index (χ3n) is 2.10. The van der Waals surface area contributed by atoms with Gasteiger partial charge >= 0.3 is 11.7 Å². The molecule has 0 saturated carbocycles. The predicted molar refractivity (Wildman–Crippen MR) is 55.5 cm³/mol. The van der Waals surface area contributed by atoms with Crippen molar-refractivity contribution in [3.63, 3.8) is 0 Å². The van der Waals surface area contributed by atoms with E-state index in [1.807, 2.05) is 0 Å². The van der Waals surface area contributed by atoms with Crippen LogP contribution in [0.1, 0.15) is 10.5 Å². The second kappa shape index (κ2) is 3.58. The van der Waals surface area contributed by atoms with Gasteiger partial charge in [0.05, 0.1) is 5.69 Å². The molecule has 1 heterocycles. The fourth-order valence-corrected chi connectivity index (χ4v) is 1.39. The van der Waals surface area contributed by atoms with Gasteiger partial charge in [-0.05, 0) is 24.3 Å². The minimum Gasteiger partial charge on any atom is -0.508 e. The normalized spacial score (nSPS) is 10.2. The Morgan fingerprint density at radius 2 is 1.75 bits per heavy atom. The van der Waals surface area contributed by atoms with Crippen LogP contribution in [0.3, 0.4) is 0 Å². The van der Waals surface area contributed by atoms with E-state index in [2.05, 4.69) is 9.97 Å². The lowest BCUT2D eigenvalue weighted by atomic mass is 10.1. The minimum atomic E-state index is -1.22. The highest BCUT2D eigenvalue weighted by Crippen LogP contribution is 2.21. The zero-order chi connectivity index (χ0) is 11.7. The number of hydrogen-bond acceptors (Lipinski definition) is 3. The Bertz CT molecular complexity index is 580. The van der Waals surface area contributed by atoms with Crippen LogP contribution in [0.15, 0.2) is 29.1 Å². The number of nitrogens with one attached hydrogen (secondary N) is 2. The number of phenolic OH excluding ortho intramolecular Hbond substituents is 1. The first-order valence-corrected chi connectivity index (χ1v) is 4.43. The van der Waals surface area contributed by atoms with Crippen molar-refractivity contribution in [2.45, 2.75) is 0 Å². The van der Waals surface area contributed by atoms with Gasteiger partial charge in [-0.25, -0.2) is 9.59 Å². The van der Waals surface area contributed by atoms with Gasteiger partial charge in [0, 0.05) is 5.56 Å². The Hall–Kier alpha value is -2.50. The fraction of sp³-hybridized carbons (Fsp3) is 0. The van der Waals surface area contributed by atoms with Gasteiger partial charge in [-0.15, -0.1) is 0 Å². The van der Waals surface area contributed by atoms with Crippen molar-refractivity contribution in [3.05, 3.63) is 40.4 Å². The molecule has 0 aliphatic rings. The van der Waals surface area contributed by atoms with E-state index in [0.717, 1.165) is 0 Å². The number of carbonyl (C=O) groups is 1. The average Bonchev–Trinajstić information content (AvgIpc) is 2.61. The van der Waals surface area contributed by atoms with Gasteiger partial charge in [-0.3, -0.25) is 4.98 Å². The maximum atomic E-state index is 11.0. The second-order valence-corrected chi connectivity index (χ2v) is 3.18. The molecule has 0 unspecified atom stereocenters. The van der Waals surface area contributed by atoms with Crippen LogP contribution in [0.5, 0.6) is 5.75 Å². The summed E-state index contributed by atoms with van der Waals surface area (Å²) in [7, 11) is 0. The van der Waals surface area contributed by atoms with Crippen molar-refractivity contribution in [2.24, 2.45) is 0 Å². The summed E-state index contributed by atoms with van der Waals surface area (Å²) in [5.74, 6) is -1.15. The Kier molecular flexibility index (Phi) is 2.24. The number of aromatic nitrogens is 2. The van der Waals surface area contributed by atoms with Crippen LogP contribution in [0.25, 0.3) is 11.3 Å². The highest BCUT2D eigenvalue weighted by molar-refractivity contribution is 5.92. The van der Waals surface area contributed by atoms with Crippen LogP contribution in [0, 0.1) is 0 Å². The van der Waals surface area contributed by atoms with E-state index in [4.69, 9.17) is 10.2 Å². The van der Waals surface area contributed by atoms with E-state index in [-0.39, 0.29) is 17.1 Å². The third kappa shape index (κ3) is 1.68. The zero-order valence-electron chi connectivity index (χ0n) is 8.02. The van der Waals surface area contributed by atoms with Crippen molar-refractivity contribution in [1.82, 2.24) is 9.97 Å². The second-order valence-electron chi connectivity index (χ2n) is 3.18. The lowest BCUT2D eigenvalue weighted by Gasteiger charge is -1.99. The van der Waals surface area contributed by atoms with E-state index in [9.17, 15) is 9.59 Å². The monoisotopic (exact) mass is 220 g/mol. The van der Waals surface area contributed by atoms with E-state index < -0.39 is 11.7 Å². The summed E-state index contributed by atoms with van der Waals surface area (Å²) in [5.41, 5.74) is -0.0813. The molecule has 0 fully saturated rings. The Morgan fingerprint density at radius 1 is 1.12 bits per heavy atom. The standard InChI is InChI=1S/C10H8N2O4/c13-6-3-1-5(2-4-6)7-8(9(14)15)12-10(16)11-7/h1-4,13H,(H,14,15)(H2,11,12,16). The molecule has 1 aromatic heterocycles. The Morgan fingerprint density at radius 3 is 2.31 bits per heavy atom. The topological polar surface area (TPSA) is 106 Å². The first-order valence-electron chi connectivity index (χ1n) is 4.43. The van der Waals surface area contributed by atoms with Crippen LogP contribution in [0.4, 0.5) is 0 Å². The van der Waals surface area contributed by atoms with E-state index in [1.165, 1.54) is 24.3 Å². The number of carboxylic acids is 1. The number of carboxylic acid groups (broad SMARTS) is 1. The molecule has 6 heteroatoms. The predicted octanol–water partition coefficient (Wildman–Crippen LogP) is 0.774. The number of aromatic hydroxyl groups is 1. The molecule has 4 N–H and O–H groups in total. The molecular weight excluding hydrogens is 212 g/mol. The molecule has 0 aliphatic carbocycles. The van der Waals surface area contributed by atoms with Crippen LogP contribution in [-0.2, 0) is 0 Å². The van der Waals surface area contributed by atoms with Gasteiger partial charge in [0.15, 0.2) is 5.69 Å². The highest BCUT2D eigenvalue weighted by Gasteiger charge is 2.15. The molecule has 6 nitrogen and oxygen atoms in total. The molecule has 1 aromatic carbocycles. The molecule has 2 rings (SSSR count). The molecule has 0 saturated heterocycles. The molecule has 2 aromatic rings. The Labute approximate surface area is 89.2 Å². The zero-order valence-corrected chi connectivity index (χ0v) is 8.02. The number of aromatic amines is 2. The van der Waals surface area contributed by atoms with Crippen molar-refractivity contribution in [2.75, 3.05) is 0 Å². The maximum Gasteiger partial charge on any atom is 0.354 e. The van der Waals surface area contributed by atoms with E-state index >= 15 is 0 Å². The number of hydrogen-bond donors (Lipinski definition) is 4. The van der Waals surface area contributed by atoms with Crippen molar-refractivity contribution < 1.29 is 15.0 Å². The first kappa shape index (κ1) is 10.0. The molecular formula is C10H8N2O4. The van der Waals surface area contributed by atoms with Gasteiger partial charge in [0.1, 0.15) is 5.75 Å². The van der Waals surface area contributed by atoms with Gasteiger partial charge in [-0.1, -0.05) is 0 Å². The fourth-order valence-electron chi connectivity index (χ4n) is 1.39. The molecule has 16 heavy (non-hydrogen) atoms. The van der Waals surface area contributed by atoms with E-state index in [0.29, 0.717) is 5.56 Å². The smallest absolute Gasteiger partial charge is 0.354 e. The summed E-state index contributed by atoms with van der Waals surface area (Å²) < 4.78 is 0. The van der Waals surface area contributed by atoms with Gasteiger partial charge < -0.3 is 15.2 Å². The molecule has 0 bridgehead atoms. The molecule has 0 atom stereocenters. The maximum absolute atomic E-state index is 11.0. The number of rotatable bonds is 2. The molecule has 0 radical (unpaired) electrons. The SMILES string of the molecule is O=C(O)c1[nH]c(=O)[nH]c1-c1ccc(O)cc1. The summed E-state index contributed by atoms with van der Waals surface area (Å²) in [6.07, 6.45) is 0. The summed E-state index contributed by atoms with van der Waals surface area (Å²) in [4.78, 5) is 26.4. The summed E-state index contributed by atoms with van der Waals surface area (Å²) in [5, 5.41) is 17.9. The van der Waals surface area contributed by atoms with Crippen molar-refractivity contribution in [3.8, 4) is 17.0 Å². The Balaban J connectivity index is 2.59. The van der Waals surface area contributed by atoms with Gasteiger partial charge in [0.25, 0.3) is 0 Å². The minimum absolute atomic E-state index is 0.0681. The van der Waals surface area contributed by atoms with Crippen LogP contribution in [0.2, 0.25) is 0 Å². The third-order valence-corrected chi connectivity index (χ3v) is 2.10. The molecule has 0 spiro atoms. The van der Waals surface area contributed by atoms with E-state index in [1.54, 1.807) is 0 Å². The molecule has 82 valence electrons. The van der Waals surface area contributed by atoms with Gasteiger partial charge in [0.2, 0.25) is 0 Å². The summed E-state index contributed by atoms with van der Waals surface area (Å²) in [6.45, 7) is 0. The van der Waals surface area contributed by atoms with Crippen LogP contribution >= 0.6 is 0 Å². The summed E-state index contributed by atoms with van der Waals surface area (Å²) >= 11 is 0. The molecule has 0 aliphatic heterocycles. The van der Waals surface area contributed by atoms with Gasteiger partial charge in [-0.2, -0.15) is 0 Å². The molecule has 0 amide bonds. The number of imidazole rings is 1. The van der Waals surface area contributed by atoms with Crippen LogP contribution in [-0.4, -0.2) is 26.2 Å². The lowest BCUT2D eigenvalue weighted by Crippen LogP contribution is -2.03. The lowest BCUT2D eigenvalue weighted by molar-refractivity contribution is 0.0692. The number of H-pyrrole nitrogens is 2. The van der Waals surface area contributed by atoms with Crippen molar-refractivity contribution >= 4 is 5.97 Å². The van der Waals surface area contributed by atoms with Crippen molar-refractivity contribution in [1.29, 1.82) is 0 Å². The number of aromatic carboxylic acids is 1. The number of phenols is 1. The number of benzene rings is 1.